The molecule has 1 N–H and O–H groups in total. The molecule has 4 nitrogen and oxygen atoms in total. The van der Waals surface area contributed by atoms with Crippen molar-refractivity contribution in [1.29, 1.82) is 0 Å². The monoisotopic (exact) mass is 269 g/mol. The zero-order valence-electron chi connectivity index (χ0n) is 11.8. The van der Waals surface area contributed by atoms with Crippen molar-refractivity contribution in [3.8, 4) is 5.69 Å². The fraction of sp³-hybridized carbons (Fsp3) is 0.250. The summed E-state index contributed by atoms with van der Waals surface area (Å²) in [7, 11) is 0. The van der Waals surface area contributed by atoms with Gasteiger partial charge in [-0.05, 0) is 38.1 Å². The Morgan fingerprint density at radius 3 is 2.80 bits per heavy atom. The van der Waals surface area contributed by atoms with Crippen molar-refractivity contribution in [2.24, 2.45) is 0 Å². The SMILES string of the molecule is C=CC(=O)NC(C)Cc1cc(C)nn1-c1ccccc1. The first-order chi connectivity index (χ1) is 9.60. The van der Waals surface area contributed by atoms with Gasteiger partial charge in [-0.2, -0.15) is 5.10 Å². The molecule has 2 rings (SSSR count). The highest BCUT2D eigenvalue weighted by Crippen LogP contribution is 2.14. The standard InChI is InChI=1S/C16H19N3O/c1-4-16(20)17-12(2)10-15-11-13(3)18-19(15)14-8-6-5-7-9-14/h4-9,11-12H,1,10H2,2-3H3,(H,17,20). The minimum absolute atomic E-state index is 0.0269. The molecule has 4 heteroatoms. The molecule has 2 aromatic rings. The van der Waals surface area contributed by atoms with Gasteiger partial charge in [0.1, 0.15) is 0 Å². The molecule has 0 aliphatic carbocycles. The van der Waals surface area contributed by atoms with Gasteiger partial charge in [-0.1, -0.05) is 24.8 Å². The number of rotatable bonds is 5. The minimum Gasteiger partial charge on any atom is -0.350 e. The highest BCUT2D eigenvalue weighted by atomic mass is 16.1. The van der Waals surface area contributed by atoms with E-state index < -0.39 is 0 Å². The molecule has 0 saturated carbocycles. The highest BCUT2D eigenvalue weighted by molar-refractivity contribution is 5.87. The number of hydrogen-bond acceptors (Lipinski definition) is 2. The third kappa shape index (κ3) is 3.35. The molecule has 1 aromatic carbocycles. The number of nitrogens with one attached hydrogen (secondary N) is 1. The van der Waals surface area contributed by atoms with Crippen molar-refractivity contribution >= 4 is 5.91 Å². The molecule has 0 aliphatic heterocycles. The van der Waals surface area contributed by atoms with Gasteiger partial charge in [0.05, 0.1) is 11.4 Å². The average molecular weight is 269 g/mol. The summed E-state index contributed by atoms with van der Waals surface area (Å²) in [4.78, 5) is 11.3. The fourth-order valence-electron chi connectivity index (χ4n) is 2.16. The van der Waals surface area contributed by atoms with Crippen LogP contribution < -0.4 is 5.32 Å². The maximum atomic E-state index is 11.3. The Balaban J connectivity index is 2.20. The highest BCUT2D eigenvalue weighted by Gasteiger charge is 2.12. The van der Waals surface area contributed by atoms with E-state index in [-0.39, 0.29) is 11.9 Å². The van der Waals surface area contributed by atoms with Gasteiger partial charge >= 0.3 is 0 Å². The van der Waals surface area contributed by atoms with Crippen LogP contribution in [0.4, 0.5) is 0 Å². The number of benzene rings is 1. The van der Waals surface area contributed by atoms with Crippen molar-refractivity contribution in [3.63, 3.8) is 0 Å². The lowest BCUT2D eigenvalue weighted by atomic mass is 10.1. The second-order valence-corrected chi connectivity index (χ2v) is 4.84. The van der Waals surface area contributed by atoms with Crippen molar-refractivity contribution < 1.29 is 4.79 Å². The van der Waals surface area contributed by atoms with Crippen molar-refractivity contribution in [2.45, 2.75) is 26.3 Å². The van der Waals surface area contributed by atoms with Crippen LogP contribution in [0.1, 0.15) is 18.3 Å². The van der Waals surface area contributed by atoms with E-state index in [0.29, 0.717) is 0 Å². The van der Waals surface area contributed by atoms with Crippen LogP contribution in [0.3, 0.4) is 0 Å². The van der Waals surface area contributed by atoms with Crippen LogP contribution in [0.5, 0.6) is 0 Å². The van der Waals surface area contributed by atoms with Gasteiger partial charge in [-0.15, -0.1) is 0 Å². The second kappa shape index (κ2) is 6.19. The predicted octanol–water partition coefficient (Wildman–Crippen LogP) is 2.41. The number of para-hydroxylation sites is 1. The van der Waals surface area contributed by atoms with Crippen LogP contribution in [-0.2, 0) is 11.2 Å². The second-order valence-electron chi connectivity index (χ2n) is 4.84. The first-order valence-electron chi connectivity index (χ1n) is 6.64. The summed E-state index contributed by atoms with van der Waals surface area (Å²) >= 11 is 0. The smallest absolute Gasteiger partial charge is 0.243 e. The van der Waals surface area contributed by atoms with Gasteiger partial charge in [0.2, 0.25) is 5.91 Å². The molecule has 0 radical (unpaired) electrons. The molecule has 0 fully saturated rings. The Hall–Kier alpha value is -2.36. The molecule has 1 heterocycles. The molecule has 20 heavy (non-hydrogen) atoms. The lowest BCUT2D eigenvalue weighted by Crippen LogP contribution is -2.33. The molecule has 1 aromatic heterocycles. The van der Waals surface area contributed by atoms with Gasteiger partial charge in [-0.25, -0.2) is 4.68 Å². The third-order valence-corrected chi connectivity index (χ3v) is 3.00. The predicted molar refractivity (Wildman–Crippen MR) is 79.8 cm³/mol. The number of amides is 1. The van der Waals surface area contributed by atoms with Gasteiger partial charge in [-0.3, -0.25) is 4.79 Å². The molecule has 0 spiro atoms. The van der Waals surface area contributed by atoms with E-state index in [2.05, 4.69) is 17.0 Å². The minimum atomic E-state index is -0.153. The van der Waals surface area contributed by atoms with E-state index in [1.54, 1.807) is 0 Å². The third-order valence-electron chi connectivity index (χ3n) is 3.00. The quantitative estimate of drug-likeness (QED) is 0.847. The molecule has 0 bridgehead atoms. The lowest BCUT2D eigenvalue weighted by molar-refractivity contribution is -0.117. The average Bonchev–Trinajstić information content (AvgIpc) is 2.80. The lowest BCUT2D eigenvalue weighted by Gasteiger charge is -2.14. The first kappa shape index (κ1) is 14.1. The Labute approximate surface area is 119 Å². The molecular weight excluding hydrogens is 250 g/mol. The maximum Gasteiger partial charge on any atom is 0.243 e. The summed E-state index contributed by atoms with van der Waals surface area (Å²) in [6.07, 6.45) is 2.01. The van der Waals surface area contributed by atoms with Crippen molar-refractivity contribution in [2.75, 3.05) is 0 Å². The van der Waals surface area contributed by atoms with Crippen molar-refractivity contribution in [1.82, 2.24) is 15.1 Å². The normalized spacial score (nSPS) is 11.9. The van der Waals surface area contributed by atoms with Crippen LogP contribution in [0.25, 0.3) is 5.69 Å². The van der Waals surface area contributed by atoms with Gasteiger partial charge in [0.15, 0.2) is 0 Å². The van der Waals surface area contributed by atoms with Crippen LogP contribution >= 0.6 is 0 Å². The van der Waals surface area contributed by atoms with E-state index in [9.17, 15) is 4.79 Å². The largest absolute Gasteiger partial charge is 0.350 e. The van der Waals surface area contributed by atoms with Crippen LogP contribution in [-0.4, -0.2) is 21.7 Å². The number of aromatic nitrogens is 2. The number of aryl methyl sites for hydroxylation is 1. The molecule has 0 saturated heterocycles. The van der Waals surface area contributed by atoms with Crippen LogP contribution in [0.15, 0.2) is 49.1 Å². The molecule has 0 aliphatic rings. The molecular formula is C16H19N3O. The topological polar surface area (TPSA) is 46.9 Å². The van der Waals surface area contributed by atoms with E-state index >= 15 is 0 Å². The van der Waals surface area contributed by atoms with Crippen LogP contribution in [0, 0.1) is 6.92 Å². The number of carbonyl (C=O) groups is 1. The van der Waals surface area contributed by atoms with E-state index in [1.165, 1.54) is 6.08 Å². The molecule has 1 atom stereocenters. The Morgan fingerprint density at radius 1 is 1.45 bits per heavy atom. The summed E-state index contributed by atoms with van der Waals surface area (Å²) in [6, 6.07) is 12.1. The van der Waals surface area contributed by atoms with Gasteiger partial charge in [0, 0.05) is 18.2 Å². The maximum absolute atomic E-state index is 11.3. The number of hydrogen-bond donors (Lipinski definition) is 1. The first-order valence-corrected chi connectivity index (χ1v) is 6.64. The fourth-order valence-corrected chi connectivity index (χ4v) is 2.16. The zero-order chi connectivity index (χ0) is 14.5. The number of carbonyl (C=O) groups excluding carboxylic acids is 1. The summed E-state index contributed by atoms with van der Waals surface area (Å²) in [5, 5.41) is 7.38. The van der Waals surface area contributed by atoms with Crippen LogP contribution in [0.2, 0.25) is 0 Å². The Bertz CT molecular complexity index is 601. The van der Waals surface area contributed by atoms with E-state index in [1.807, 2.05) is 54.9 Å². The summed E-state index contributed by atoms with van der Waals surface area (Å²) in [6.45, 7) is 7.40. The molecule has 1 unspecified atom stereocenters. The summed E-state index contributed by atoms with van der Waals surface area (Å²) < 4.78 is 1.92. The Morgan fingerprint density at radius 2 is 2.15 bits per heavy atom. The van der Waals surface area contributed by atoms with Gasteiger partial charge < -0.3 is 5.32 Å². The molecule has 104 valence electrons. The van der Waals surface area contributed by atoms with Gasteiger partial charge in [0.25, 0.3) is 0 Å². The van der Waals surface area contributed by atoms with Crippen molar-refractivity contribution in [3.05, 3.63) is 60.4 Å². The summed E-state index contributed by atoms with van der Waals surface area (Å²) in [5.74, 6) is -0.153. The van der Waals surface area contributed by atoms with E-state index in [4.69, 9.17) is 0 Å². The number of nitrogens with zero attached hydrogens (tertiary/aromatic N) is 2. The Kier molecular flexibility index (Phi) is 4.35. The molecule has 1 amide bonds. The summed E-state index contributed by atoms with van der Waals surface area (Å²) in [5.41, 5.74) is 3.06. The van der Waals surface area contributed by atoms with E-state index in [0.717, 1.165) is 23.5 Å². The zero-order valence-corrected chi connectivity index (χ0v) is 11.8.